The largest absolute Gasteiger partial charge is 0.444 e. The summed E-state index contributed by atoms with van der Waals surface area (Å²) in [5.74, 6) is 0.541. The maximum absolute atomic E-state index is 11.7. The van der Waals surface area contributed by atoms with Gasteiger partial charge in [0.05, 0.1) is 0 Å². The van der Waals surface area contributed by atoms with Crippen LogP contribution in [-0.4, -0.2) is 30.3 Å². The lowest BCUT2D eigenvalue weighted by Gasteiger charge is -2.24. The summed E-state index contributed by atoms with van der Waals surface area (Å²) in [7, 11) is 0. The van der Waals surface area contributed by atoms with Crippen molar-refractivity contribution in [3.63, 3.8) is 0 Å². The van der Waals surface area contributed by atoms with E-state index in [1.807, 2.05) is 20.8 Å². The van der Waals surface area contributed by atoms with Crippen LogP contribution in [0.15, 0.2) is 0 Å². The lowest BCUT2D eigenvalue weighted by Crippen LogP contribution is -2.42. The second kappa shape index (κ2) is 5.55. The van der Waals surface area contributed by atoms with Gasteiger partial charge in [-0.05, 0) is 51.4 Å². The van der Waals surface area contributed by atoms with Gasteiger partial charge in [-0.25, -0.2) is 4.79 Å². The Balaban J connectivity index is 1.73. The maximum atomic E-state index is 11.7. The van der Waals surface area contributed by atoms with Gasteiger partial charge < -0.3 is 15.4 Å². The second-order valence-electron chi connectivity index (χ2n) is 8.09. The van der Waals surface area contributed by atoms with Gasteiger partial charge in [0.15, 0.2) is 0 Å². The molecule has 0 aromatic rings. The van der Waals surface area contributed by atoms with Crippen LogP contribution in [0.1, 0.15) is 60.3 Å². The molecule has 0 aromatic heterocycles. The van der Waals surface area contributed by atoms with Gasteiger partial charge in [0.1, 0.15) is 5.60 Å². The van der Waals surface area contributed by atoms with Crippen molar-refractivity contribution in [3.05, 3.63) is 0 Å². The van der Waals surface area contributed by atoms with Crippen LogP contribution in [0.5, 0.6) is 0 Å². The van der Waals surface area contributed by atoms with Gasteiger partial charge in [-0.15, -0.1) is 0 Å². The van der Waals surface area contributed by atoms with Crippen LogP contribution in [0.25, 0.3) is 0 Å². The Morgan fingerprint density at radius 1 is 1.30 bits per heavy atom. The number of nitrogens with one attached hydrogen (secondary N) is 2. The van der Waals surface area contributed by atoms with E-state index in [2.05, 4.69) is 24.5 Å². The van der Waals surface area contributed by atoms with Crippen molar-refractivity contribution in [2.45, 2.75) is 78.0 Å². The molecule has 4 heteroatoms. The van der Waals surface area contributed by atoms with Crippen LogP contribution in [0, 0.1) is 11.3 Å². The van der Waals surface area contributed by atoms with E-state index in [0.717, 1.165) is 6.54 Å². The van der Waals surface area contributed by atoms with E-state index in [-0.39, 0.29) is 6.09 Å². The van der Waals surface area contributed by atoms with E-state index in [1.165, 1.54) is 25.7 Å². The Labute approximate surface area is 123 Å². The van der Waals surface area contributed by atoms with E-state index in [1.54, 1.807) is 0 Å². The lowest BCUT2D eigenvalue weighted by atomic mass is 10.0. The number of amides is 1. The number of hydrogen-bond donors (Lipinski definition) is 2. The molecule has 2 N–H and O–H groups in total. The predicted octanol–water partition coefficient (Wildman–Crippen LogP) is 3.07. The first-order valence-corrected chi connectivity index (χ1v) is 7.90. The summed E-state index contributed by atoms with van der Waals surface area (Å²) >= 11 is 0. The van der Waals surface area contributed by atoms with Crippen LogP contribution in [0.2, 0.25) is 0 Å². The second-order valence-corrected chi connectivity index (χ2v) is 8.09. The van der Waals surface area contributed by atoms with Crippen LogP contribution in [-0.2, 0) is 4.74 Å². The Morgan fingerprint density at radius 3 is 2.50 bits per heavy atom. The van der Waals surface area contributed by atoms with E-state index in [4.69, 9.17) is 4.74 Å². The maximum Gasteiger partial charge on any atom is 0.407 e. The molecule has 20 heavy (non-hydrogen) atoms. The fourth-order valence-corrected chi connectivity index (χ4v) is 3.04. The normalized spacial score (nSPS) is 31.9. The number of hydrogen-bond acceptors (Lipinski definition) is 3. The summed E-state index contributed by atoms with van der Waals surface area (Å²) in [6.45, 7) is 11.0. The number of carbonyl (C=O) groups excluding carboxylic acids is 1. The highest BCUT2D eigenvalue weighted by molar-refractivity contribution is 5.67. The minimum Gasteiger partial charge on any atom is -0.444 e. The summed E-state index contributed by atoms with van der Waals surface area (Å²) < 4.78 is 5.29. The Bertz CT molecular complexity index is 360. The average molecular weight is 282 g/mol. The van der Waals surface area contributed by atoms with Crippen molar-refractivity contribution < 1.29 is 9.53 Å². The van der Waals surface area contributed by atoms with E-state index in [9.17, 15) is 4.79 Å². The molecule has 3 unspecified atom stereocenters. The number of ether oxygens (including phenoxy) is 1. The van der Waals surface area contributed by atoms with Gasteiger partial charge in [0.2, 0.25) is 0 Å². The molecule has 0 radical (unpaired) electrons. The molecule has 2 rings (SSSR count). The molecule has 0 aromatic carbocycles. The highest BCUT2D eigenvalue weighted by atomic mass is 16.6. The number of rotatable bonds is 4. The summed E-state index contributed by atoms with van der Waals surface area (Å²) in [6, 6.07) is 1.21. The van der Waals surface area contributed by atoms with Crippen molar-refractivity contribution in [1.82, 2.24) is 10.6 Å². The molecular formula is C16H30N2O2. The van der Waals surface area contributed by atoms with Crippen LogP contribution in [0.3, 0.4) is 0 Å². The minimum absolute atomic E-state index is 0.296. The molecule has 0 spiro atoms. The van der Waals surface area contributed by atoms with Crippen molar-refractivity contribution in [1.29, 1.82) is 0 Å². The van der Waals surface area contributed by atoms with E-state index >= 15 is 0 Å². The third-order valence-electron chi connectivity index (χ3n) is 4.50. The predicted molar refractivity (Wildman–Crippen MR) is 80.7 cm³/mol. The Morgan fingerprint density at radius 2 is 1.95 bits per heavy atom. The molecule has 0 bridgehead atoms. The topological polar surface area (TPSA) is 50.4 Å². The summed E-state index contributed by atoms with van der Waals surface area (Å²) in [5.41, 5.74) is 0.0428. The zero-order chi connectivity index (χ0) is 15.0. The molecule has 1 amide bonds. The third kappa shape index (κ3) is 4.37. The first-order valence-electron chi connectivity index (χ1n) is 7.90. The zero-order valence-electron chi connectivity index (χ0n) is 13.6. The van der Waals surface area contributed by atoms with Gasteiger partial charge in [-0.3, -0.25) is 0 Å². The zero-order valence-corrected chi connectivity index (χ0v) is 13.6. The minimum atomic E-state index is -0.421. The Kier molecular flexibility index (Phi) is 4.33. The van der Waals surface area contributed by atoms with Crippen molar-refractivity contribution in [3.8, 4) is 0 Å². The standard InChI is InChI=1S/C16H30N2O2/c1-15(2,3)20-14(19)17-10-11-7-6-8-12(11)18-13-9-16(13,4)5/h11-13,18H,6-10H2,1-5H3,(H,17,19). The summed E-state index contributed by atoms with van der Waals surface area (Å²) in [5, 5.41) is 6.70. The molecule has 2 aliphatic carbocycles. The summed E-state index contributed by atoms with van der Waals surface area (Å²) in [6.07, 6.45) is 4.66. The SMILES string of the molecule is CC(C)(C)OC(=O)NCC1CCCC1NC1CC1(C)C. The van der Waals surface area contributed by atoms with E-state index in [0.29, 0.717) is 23.4 Å². The molecule has 3 atom stereocenters. The van der Waals surface area contributed by atoms with Gasteiger partial charge in [-0.2, -0.15) is 0 Å². The molecule has 116 valence electrons. The monoisotopic (exact) mass is 282 g/mol. The van der Waals surface area contributed by atoms with Gasteiger partial charge in [0, 0.05) is 18.6 Å². The van der Waals surface area contributed by atoms with Crippen molar-refractivity contribution in [2.75, 3.05) is 6.54 Å². The fourth-order valence-electron chi connectivity index (χ4n) is 3.04. The smallest absolute Gasteiger partial charge is 0.407 e. The molecule has 2 saturated carbocycles. The first-order chi connectivity index (χ1) is 9.17. The highest BCUT2D eigenvalue weighted by Crippen LogP contribution is 2.45. The van der Waals surface area contributed by atoms with E-state index < -0.39 is 5.60 Å². The molecule has 0 saturated heterocycles. The van der Waals surface area contributed by atoms with Crippen LogP contribution >= 0.6 is 0 Å². The first kappa shape index (κ1) is 15.6. The quantitative estimate of drug-likeness (QED) is 0.833. The van der Waals surface area contributed by atoms with Crippen LogP contribution in [0.4, 0.5) is 4.79 Å². The third-order valence-corrected chi connectivity index (χ3v) is 4.50. The van der Waals surface area contributed by atoms with Gasteiger partial charge in [0.25, 0.3) is 0 Å². The Hall–Kier alpha value is -0.770. The highest BCUT2D eigenvalue weighted by Gasteiger charge is 2.47. The van der Waals surface area contributed by atoms with Crippen molar-refractivity contribution in [2.24, 2.45) is 11.3 Å². The van der Waals surface area contributed by atoms with Gasteiger partial charge >= 0.3 is 6.09 Å². The number of carbonyl (C=O) groups is 1. The molecule has 0 heterocycles. The van der Waals surface area contributed by atoms with Crippen molar-refractivity contribution >= 4 is 6.09 Å². The lowest BCUT2D eigenvalue weighted by molar-refractivity contribution is 0.0517. The summed E-state index contributed by atoms with van der Waals surface area (Å²) in [4.78, 5) is 11.7. The molecule has 4 nitrogen and oxygen atoms in total. The molecule has 2 fully saturated rings. The molecule has 0 aliphatic heterocycles. The number of alkyl carbamates (subject to hydrolysis) is 1. The fraction of sp³-hybridized carbons (Fsp3) is 0.938. The van der Waals surface area contributed by atoms with Crippen LogP contribution < -0.4 is 10.6 Å². The molecule has 2 aliphatic rings. The molecular weight excluding hydrogens is 252 g/mol. The van der Waals surface area contributed by atoms with Gasteiger partial charge in [-0.1, -0.05) is 20.3 Å². The average Bonchev–Trinajstić information content (AvgIpc) is 2.70.